The Bertz CT molecular complexity index is 418. The van der Waals surface area contributed by atoms with Crippen molar-refractivity contribution in [3.05, 3.63) is 12.2 Å². The average molecular weight is 249 g/mol. The number of methoxy groups -OCH3 is 2. The molecule has 0 aliphatic carbocycles. The van der Waals surface area contributed by atoms with Crippen LogP contribution in [0, 0.1) is 28.6 Å². The predicted molar refractivity (Wildman–Crippen MR) is 63.9 cm³/mol. The normalized spacial score (nSPS) is 10.1. The molecular formula is C13H15NO4. The molecule has 18 heavy (non-hydrogen) atoms. The molecule has 0 aliphatic heterocycles. The highest BCUT2D eigenvalue weighted by Gasteiger charge is 2.47. The molecule has 5 heteroatoms. The highest BCUT2D eigenvalue weighted by atomic mass is 16.5. The summed E-state index contributed by atoms with van der Waals surface area (Å²) in [5.74, 6) is 3.85. The molecule has 0 rings (SSSR count). The zero-order chi connectivity index (χ0) is 14.0. The van der Waals surface area contributed by atoms with Crippen molar-refractivity contribution in [1.82, 2.24) is 0 Å². The van der Waals surface area contributed by atoms with Crippen LogP contribution in [0.5, 0.6) is 0 Å². The molecule has 0 unspecified atom stereocenters. The number of rotatable bonds is 5. The maximum absolute atomic E-state index is 11.8. The van der Waals surface area contributed by atoms with Crippen molar-refractivity contribution in [2.45, 2.75) is 19.8 Å². The number of nitrogens with zero attached hydrogens (tertiary/aromatic N) is 1. The van der Waals surface area contributed by atoms with E-state index in [0.29, 0.717) is 0 Å². The largest absolute Gasteiger partial charge is 0.468 e. The van der Waals surface area contributed by atoms with E-state index in [-0.39, 0.29) is 12.8 Å². The maximum atomic E-state index is 11.8. The number of hydrogen-bond acceptors (Lipinski definition) is 5. The number of allylic oxidation sites excluding steroid dienone is 2. The molecule has 0 heterocycles. The molecule has 5 nitrogen and oxygen atoms in total. The van der Waals surface area contributed by atoms with Gasteiger partial charge in [-0.15, -0.1) is 11.8 Å². The molecule has 0 radical (unpaired) electrons. The second kappa shape index (κ2) is 7.92. The number of esters is 2. The van der Waals surface area contributed by atoms with Crippen molar-refractivity contribution in [2.24, 2.45) is 5.41 Å². The fourth-order valence-corrected chi connectivity index (χ4v) is 1.41. The van der Waals surface area contributed by atoms with Crippen molar-refractivity contribution in [3.8, 4) is 17.9 Å². The third-order valence-electron chi connectivity index (χ3n) is 2.38. The Morgan fingerprint density at radius 2 is 1.83 bits per heavy atom. The predicted octanol–water partition coefficient (Wildman–Crippen LogP) is 1.20. The zero-order valence-electron chi connectivity index (χ0n) is 10.6. The Morgan fingerprint density at radius 1 is 1.28 bits per heavy atom. The number of carbonyl (C=O) groups excluding carboxylic acids is 2. The van der Waals surface area contributed by atoms with Gasteiger partial charge in [-0.1, -0.05) is 6.08 Å². The molecule has 0 saturated heterocycles. The number of ether oxygens (including phenoxy) is 2. The maximum Gasteiger partial charge on any atom is 0.324 e. The number of hydrogen-bond donors (Lipinski definition) is 0. The fourth-order valence-electron chi connectivity index (χ4n) is 1.41. The minimum atomic E-state index is -1.51. The molecular weight excluding hydrogens is 234 g/mol. The van der Waals surface area contributed by atoms with E-state index in [1.807, 2.05) is 0 Å². The summed E-state index contributed by atoms with van der Waals surface area (Å²) in [4.78, 5) is 23.7. The SMILES string of the molecule is CC#CCC(C/C=C/C#N)(C(=O)OC)C(=O)OC. The lowest BCUT2D eigenvalue weighted by Gasteiger charge is -2.24. The minimum absolute atomic E-state index is 0.00852. The summed E-state index contributed by atoms with van der Waals surface area (Å²) in [5, 5.41) is 8.43. The molecule has 0 saturated carbocycles. The lowest BCUT2D eigenvalue weighted by Crippen LogP contribution is -2.40. The van der Waals surface area contributed by atoms with E-state index in [1.54, 1.807) is 13.0 Å². The van der Waals surface area contributed by atoms with Crippen LogP contribution in [0.1, 0.15) is 19.8 Å². The van der Waals surface area contributed by atoms with E-state index >= 15 is 0 Å². The van der Waals surface area contributed by atoms with Gasteiger partial charge >= 0.3 is 11.9 Å². The summed E-state index contributed by atoms with van der Waals surface area (Å²) in [5.41, 5.74) is -1.51. The zero-order valence-corrected chi connectivity index (χ0v) is 10.6. The molecule has 0 amide bonds. The van der Waals surface area contributed by atoms with Crippen LogP contribution in [-0.4, -0.2) is 26.2 Å². The van der Waals surface area contributed by atoms with E-state index in [1.165, 1.54) is 26.4 Å². The number of carbonyl (C=O) groups is 2. The molecule has 96 valence electrons. The van der Waals surface area contributed by atoms with Gasteiger partial charge in [0.15, 0.2) is 5.41 Å². The Balaban J connectivity index is 5.44. The summed E-state index contributed by atoms with van der Waals surface area (Å²) in [6.07, 6.45) is 2.61. The summed E-state index contributed by atoms with van der Waals surface area (Å²) >= 11 is 0. The van der Waals surface area contributed by atoms with E-state index in [9.17, 15) is 9.59 Å². The molecule has 0 aromatic heterocycles. The quantitative estimate of drug-likeness (QED) is 0.317. The van der Waals surface area contributed by atoms with Crippen LogP contribution in [0.2, 0.25) is 0 Å². The molecule has 0 atom stereocenters. The van der Waals surface area contributed by atoms with Gasteiger partial charge in [0, 0.05) is 12.5 Å². The third-order valence-corrected chi connectivity index (χ3v) is 2.38. The standard InChI is InChI=1S/C13H15NO4/c1-4-5-8-13(11(15)17-2,12(16)18-3)9-6-7-10-14/h6-7H,8-9H2,1-3H3/b7-6+. The van der Waals surface area contributed by atoms with Crippen LogP contribution in [0.3, 0.4) is 0 Å². The summed E-state index contributed by atoms with van der Waals surface area (Å²) in [7, 11) is 2.38. The molecule has 0 fully saturated rings. The van der Waals surface area contributed by atoms with Crippen molar-refractivity contribution in [2.75, 3.05) is 14.2 Å². The van der Waals surface area contributed by atoms with Gasteiger partial charge in [0.05, 0.1) is 20.3 Å². The Hall–Kier alpha value is -2.27. The van der Waals surface area contributed by atoms with Gasteiger partial charge in [0.2, 0.25) is 0 Å². The third kappa shape index (κ3) is 3.64. The lowest BCUT2D eigenvalue weighted by atomic mass is 9.81. The Kier molecular flexibility index (Phi) is 6.92. The summed E-state index contributed by atoms with van der Waals surface area (Å²) in [6, 6.07) is 1.79. The molecule has 0 aliphatic rings. The van der Waals surface area contributed by atoms with Gasteiger partial charge in [-0.25, -0.2) is 0 Å². The topological polar surface area (TPSA) is 76.4 Å². The van der Waals surface area contributed by atoms with Crippen LogP contribution in [0.4, 0.5) is 0 Å². The molecule has 0 aromatic carbocycles. The van der Waals surface area contributed by atoms with Crippen LogP contribution in [0.25, 0.3) is 0 Å². The first kappa shape index (κ1) is 15.7. The van der Waals surface area contributed by atoms with Gasteiger partial charge < -0.3 is 9.47 Å². The second-order valence-corrected chi connectivity index (χ2v) is 3.40. The lowest BCUT2D eigenvalue weighted by molar-refractivity contribution is -0.168. The van der Waals surface area contributed by atoms with E-state index < -0.39 is 17.4 Å². The Morgan fingerprint density at radius 3 is 2.22 bits per heavy atom. The summed E-state index contributed by atoms with van der Waals surface area (Å²) in [6.45, 7) is 1.60. The van der Waals surface area contributed by atoms with Crippen molar-refractivity contribution in [3.63, 3.8) is 0 Å². The van der Waals surface area contributed by atoms with Crippen LogP contribution >= 0.6 is 0 Å². The first-order chi connectivity index (χ1) is 8.58. The molecule has 0 aromatic rings. The monoisotopic (exact) mass is 249 g/mol. The van der Waals surface area contributed by atoms with Gasteiger partial charge in [0.1, 0.15) is 0 Å². The highest BCUT2D eigenvalue weighted by Crippen LogP contribution is 2.30. The average Bonchev–Trinajstić information content (AvgIpc) is 2.41. The molecule has 0 N–H and O–H groups in total. The fraction of sp³-hybridized carbons (Fsp3) is 0.462. The van der Waals surface area contributed by atoms with Gasteiger partial charge in [-0.05, 0) is 13.3 Å². The first-order valence-electron chi connectivity index (χ1n) is 5.20. The smallest absolute Gasteiger partial charge is 0.324 e. The number of nitriles is 1. The van der Waals surface area contributed by atoms with Crippen molar-refractivity contribution >= 4 is 11.9 Å². The molecule has 0 spiro atoms. The van der Waals surface area contributed by atoms with Crippen LogP contribution < -0.4 is 0 Å². The van der Waals surface area contributed by atoms with E-state index in [4.69, 9.17) is 5.26 Å². The van der Waals surface area contributed by atoms with Gasteiger partial charge in [-0.3, -0.25) is 9.59 Å². The van der Waals surface area contributed by atoms with Crippen LogP contribution in [0.15, 0.2) is 12.2 Å². The highest BCUT2D eigenvalue weighted by molar-refractivity contribution is 6.00. The van der Waals surface area contributed by atoms with E-state index in [2.05, 4.69) is 21.3 Å². The van der Waals surface area contributed by atoms with Crippen LogP contribution in [-0.2, 0) is 19.1 Å². The second-order valence-electron chi connectivity index (χ2n) is 3.40. The van der Waals surface area contributed by atoms with Gasteiger partial charge in [0.25, 0.3) is 0 Å². The minimum Gasteiger partial charge on any atom is -0.468 e. The first-order valence-corrected chi connectivity index (χ1v) is 5.20. The Labute approximate surface area is 106 Å². The summed E-state index contributed by atoms with van der Waals surface area (Å²) < 4.78 is 9.28. The van der Waals surface area contributed by atoms with E-state index in [0.717, 1.165) is 0 Å². The van der Waals surface area contributed by atoms with Gasteiger partial charge in [-0.2, -0.15) is 5.26 Å². The van der Waals surface area contributed by atoms with Crippen molar-refractivity contribution < 1.29 is 19.1 Å². The van der Waals surface area contributed by atoms with Crippen molar-refractivity contribution in [1.29, 1.82) is 5.26 Å². The molecule has 0 bridgehead atoms.